The SMILES string of the molecule is CP(=S)(Cl)Cl. The van der Waals surface area contributed by atoms with Gasteiger partial charge in [0, 0.05) is 0 Å². The molecule has 0 nitrogen and oxygen atoms in total. The zero-order valence-corrected chi connectivity index (χ0v) is 5.83. The van der Waals surface area contributed by atoms with Gasteiger partial charge >= 0.3 is 0 Å². The highest BCUT2D eigenvalue weighted by Crippen LogP contribution is 2.52. The molecule has 0 radical (unpaired) electrons. The van der Waals surface area contributed by atoms with Gasteiger partial charge in [-0.15, -0.1) is 0 Å². The summed E-state index contributed by atoms with van der Waals surface area (Å²) in [6.07, 6.45) is 0. The maximum absolute atomic E-state index is 5.22. The molecule has 0 aliphatic rings. The lowest BCUT2D eigenvalue weighted by molar-refractivity contribution is 2.49. The maximum Gasteiger partial charge on any atom is 0.117 e. The van der Waals surface area contributed by atoms with Crippen LogP contribution in [0.5, 0.6) is 0 Å². The van der Waals surface area contributed by atoms with E-state index in [2.05, 4.69) is 11.8 Å². The zero-order chi connectivity index (χ0) is 4.50. The third kappa shape index (κ3) is 36.1. The predicted octanol–water partition coefficient (Wildman–Crippen LogP) is 2.40. The Morgan fingerprint density at radius 2 is 1.60 bits per heavy atom. The molecule has 0 saturated carbocycles. The molecule has 0 heterocycles. The van der Waals surface area contributed by atoms with Crippen molar-refractivity contribution in [2.24, 2.45) is 0 Å². The monoisotopic (exact) mass is 148 g/mol. The average Bonchev–Trinajstić information content (AvgIpc) is 0.722. The summed E-state index contributed by atoms with van der Waals surface area (Å²) >= 11 is 14.9. The van der Waals surface area contributed by atoms with Crippen molar-refractivity contribution in [2.75, 3.05) is 6.66 Å². The van der Waals surface area contributed by atoms with Crippen molar-refractivity contribution in [1.82, 2.24) is 0 Å². The molecule has 0 aromatic heterocycles. The van der Waals surface area contributed by atoms with E-state index in [0.717, 1.165) is 0 Å². The lowest BCUT2D eigenvalue weighted by Crippen LogP contribution is -1.35. The molecule has 32 valence electrons. The highest BCUT2D eigenvalue weighted by Gasteiger charge is 1.91. The summed E-state index contributed by atoms with van der Waals surface area (Å²) in [4.78, 5) is 0. The molecule has 5 heavy (non-hydrogen) atoms. The first-order valence-electron chi connectivity index (χ1n) is 0.968. The fourth-order valence-corrected chi connectivity index (χ4v) is 0. The molecular formula is CH3Cl2PS. The van der Waals surface area contributed by atoms with Crippen molar-refractivity contribution >= 4 is 39.0 Å². The van der Waals surface area contributed by atoms with Gasteiger partial charge in [-0.25, -0.2) is 0 Å². The number of hydrogen-bond donors (Lipinski definition) is 0. The minimum absolute atomic E-state index is 1.64. The topological polar surface area (TPSA) is 0 Å². The van der Waals surface area contributed by atoms with Gasteiger partial charge in [-0.1, -0.05) is 34.3 Å². The molecular weight excluding hydrogens is 146 g/mol. The second-order valence-electron chi connectivity index (χ2n) is 0.723. The first kappa shape index (κ1) is 6.23. The molecule has 0 rings (SSSR count). The molecule has 0 bridgehead atoms. The molecule has 0 N–H and O–H groups in total. The summed E-state index contributed by atoms with van der Waals surface area (Å²) in [7, 11) is 0. The van der Waals surface area contributed by atoms with Crippen LogP contribution in [-0.2, 0) is 11.8 Å². The van der Waals surface area contributed by atoms with Crippen LogP contribution in [0.15, 0.2) is 0 Å². The first-order chi connectivity index (χ1) is 2.00. The average molecular weight is 149 g/mol. The fraction of sp³-hybridized carbons (Fsp3) is 1.00. The Bertz CT molecular complexity index is 55.8. The molecule has 0 fully saturated rings. The van der Waals surface area contributed by atoms with Gasteiger partial charge in [-0.2, -0.15) is 0 Å². The van der Waals surface area contributed by atoms with Crippen LogP contribution in [0.4, 0.5) is 0 Å². The summed E-state index contributed by atoms with van der Waals surface area (Å²) in [5.41, 5.74) is 0. The van der Waals surface area contributed by atoms with E-state index in [1.54, 1.807) is 6.66 Å². The Balaban J connectivity index is 3.47. The third-order valence-electron chi connectivity index (χ3n) is 0. The minimum Gasteiger partial charge on any atom is -0.0686 e. The Labute approximate surface area is 46.1 Å². The Hall–Kier alpha value is 1.23. The normalized spacial score (nSPS) is 11.8. The minimum atomic E-state index is -1.86. The van der Waals surface area contributed by atoms with Crippen molar-refractivity contribution < 1.29 is 0 Å². The Morgan fingerprint density at radius 1 is 1.60 bits per heavy atom. The van der Waals surface area contributed by atoms with E-state index in [1.807, 2.05) is 0 Å². The van der Waals surface area contributed by atoms with Crippen molar-refractivity contribution in [2.45, 2.75) is 0 Å². The fourth-order valence-electron chi connectivity index (χ4n) is 0. The van der Waals surface area contributed by atoms with Gasteiger partial charge in [0.25, 0.3) is 0 Å². The maximum atomic E-state index is 5.22. The van der Waals surface area contributed by atoms with Crippen LogP contribution >= 0.6 is 27.2 Å². The summed E-state index contributed by atoms with van der Waals surface area (Å²) in [6.45, 7) is 1.64. The summed E-state index contributed by atoms with van der Waals surface area (Å²) in [5, 5.41) is 0. The Kier molecular flexibility index (Phi) is 2.23. The van der Waals surface area contributed by atoms with Crippen LogP contribution in [0.3, 0.4) is 0 Å². The van der Waals surface area contributed by atoms with E-state index in [1.165, 1.54) is 0 Å². The summed E-state index contributed by atoms with van der Waals surface area (Å²) in [6, 6.07) is 0. The van der Waals surface area contributed by atoms with Gasteiger partial charge in [-0.3, -0.25) is 0 Å². The second-order valence-corrected chi connectivity index (χ2v) is 10.1. The van der Waals surface area contributed by atoms with E-state index in [-0.39, 0.29) is 0 Å². The van der Waals surface area contributed by atoms with Crippen LogP contribution in [0.2, 0.25) is 0 Å². The van der Waals surface area contributed by atoms with Crippen molar-refractivity contribution in [3.63, 3.8) is 0 Å². The summed E-state index contributed by atoms with van der Waals surface area (Å²) < 4.78 is -1.86. The van der Waals surface area contributed by atoms with E-state index < -0.39 is 4.74 Å². The lowest BCUT2D eigenvalue weighted by Gasteiger charge is -1.84. The van der Waals surface area contributed by atoms with Crippen LogP contribution in [-0.4, -0.2) is 6.66 Å². The van der Waals surface area contributed by atoms with Crippen LogP contribution in [0, 0.1) is 0 Å². The van der Waals surface area contributed by atoms with Gasteiger partial charge in [0.05, 0.1) is 0 Å². The summed E-state index contributed by atoms with van der Waals surface area (Å²) in [5.74, 6) is 0. The quantitative estimate of drug-likeness (QED) is 0.476. The lowest BCUT2D eigenvalue weighted by atomic mass is 12.0. The number of hydrogen-bond acceptors (Lipinski definition) is 1. The highest BCUT2D eigenvalue weighted by molar-refractivity contribution is 8.38. The van der Waals surface area contributed by atoms with E-state index in [4.69, 9.17) is 22.5 Å². The molecule has 0 unspecified atom stereocenters. The van der Waals surface area contributed by atoms with Gasteiger partial charge in [0.1, 0.15) is 4.74 Å². The standard InChI is InChI=1S/CH3Cl2PS/c1-4(2,3)5/h1H3. The number of rotatable bonds is 0. The van der Waals surface area contributed by atoms with Gasteiger partial charge in [0.2, 0.25) is 0 Å². The zero-order valence-electron chi connectivity index (χ0n) is 2.61. The molecule has 0 aliphatic heterocycles. The Morgan fingerprint density at radius 3 is 1.60 bits per heavy atom. The second kappa shape index (κ2) is 1.79. The molecule has 0 spiro atoms. The van der Waals surface area contributed by atoms with Gasteiger partial charge < -0.3 is 0 Å². The number of halogens is 2. The largest absolute Gasteiger partial charge is 0.117 e. The smallest absolute Gasteiger partial charge is 0.0686 e. The molecule has 0 aliphatic carbocycles. The van der Waals surface area contributed by atoms with E-state index >= 15 is 0 Å². The van der Waals surface area contributed by atoms with E-state index in [0.29, 0.717) is 0 Å². The predicted molar refractivity (Wildman–Crippen MR) is 31.9 cm³/mol. The van der Waals surface area contributed by atoms with Gasteiger partial charge in [-0.05, 0) is 6.66 Å². The van der Waals surface area contributed by atoms with Crippen molar-refractivity contribution in [3.05, 3.63) is 0 Å². The molecule has 0 aromatic carbocycles. The van der Waals surface area contributed by atoms with Crippen LogP contribution < -0.4 is 0 Å². The van der Waals surface area contributed by atoms with Crippen molar-refractivity contribution in [3.8, 4) is 0 Å². The molecule has 0 aromatic rings. The molecule has 4 heteroatoms. The van der Waals surface area contributed by atoms with Crippen molar-refractivity contribution in [1.29, 1.82) is 0 Å². The van der Waals surface area contributed by atoms with Crippen LogP contribution in [0.1, 0.15) is 0 Å². The molecule has 0 atom stereocenters. The van der Waals surface area contributed by atoms with E-state index in [9.17, 15) is 0 Å². The highest BCUT2D eigenvalue weighted by atomic mass is 35.9. The molecule has 0 saturated heterocycles. The van der Waals surface area contributed by atoms with Crippen LogP contribution in [0.25, 0.3) is 0 Å². The third-order valence-corrected chi connectivity index (χ3v) is 0. The van der Waals surface area contributed by atoms with Gasteiger partial charge in [0.15, 0.2) is 0 Å². The molecule has 0 amide bonds. The first-order valence-corrected chi connectivity index (χ1v) is 6.03.